The maximum Gasteiger partial charge on any atom is 0.0599 e. The molecule has 2 heteroatoms. The molecule has 228 valence electrons. The van der Waals surface area contributed by atoms with Gasteiger partial charge in [-0.3, -0.25) is 0 Å². The van der Waals surface area contributed by atoms with Gasteiger partial charge in [0, 0.05) is 0 Å². The number of hydrogen-bond donors (Lipinski definition) is 0. The molecular weight excluding hydrogens is 561 g/mol. The lowest BCUT2D eigenvalue weighted by Crippen LogP contribution is -2.28. The molecule has 2 aromatic rings. The highest BCUT2D eigenvalue weighted by atomic mass is 28.3. The summed E-state index contributed by atoms with van der Waals surface area (Å²) in [6.45, 7) is 14.8. The van der Waals surface area contributed by atoms with Crippen molar-refractivity contribution < 1.29 is 0 Å². The van der Waals surface area contributed by atoms with Crippen molar-refractivity contribution in [2.45, 2.75) is 114 Å². The Kier molecular flexibility index (Phi) is 8.35. The average Bonchev–Trinajstić information content (AvgIpc) is 3.74. The van der Waals surface area contributed by atoms with E-state index in [0.29, 0.717) is 11.1 Å². The standard InChI is InChI=1S/C21H30Si.C21H22Si/c2*1-14-12-16-8-4-6-10-18(16)20(14)22(3)21-15(2)13-17-9-5-7-11-19(17)21/h12-13,20-22H,4-11H2,1-3H3;4-13,20-22H,1-3H3. The van der Waals surface area contributed by atoms with Gasteiger partial charge in [0.05, 0.1) is 17.6 Å². The van der Waals surface area contributed by atoms with Gasteiger partial charge < -0.3 is 0 Å². The molecule has 8 rings (SSSR count). The van der Waals surface area contributed by atoms with E-state index in [4.69, 9.17) is 0 Å². The predicted octanol–water partition coefficient (Wildman–Crippen LogP) is 11.6. The average molecular weight is 613 g/mol. The summed E-state index contributed by atoms with van der Waals surface area (Å²) in [7, 11) is -1.90. The lowest BCUT2D eigenvalue weighted by Gasteiger charge is -2.33. The summed E-state index contributed by atoms with van der Waals surface area (Å²) in [5.41, 5.74) is 22.9. The van der Waals surface area contributed by atoms with Crippen LogP contribution >= 0.6 is 0 Å². The first-order valence-corrected chi connectivity index (χ1v) is 22.7. The molecule has 0 heterocycles. The van der Waals surface area contributed by atoms with Crippen molar-refractivity contribution in [2.75, 3.05) is 0 Å². The Morgan fingerprint density at radius 1 is 0.455 bits per heavy atom. The molecule has 2 aromatic carbocycles. The molecule has 0 N–H and O–H groups in total. The highest BCUT2D eigenvalue weighted by Gasteiger charge is 2.40. The maximum absolute atomic E-state index is 2.68. The molecule has 44 heavy (non-hydrogen) atoms. The molecule has 0 nitrogen and oxygen atoms in total. The fourth-order valence-corrected chi connectivity index (χ4v) is 18.7. The first kappa shape index (κ1) is 30.0. The molecule has 0 aliphatic heterocycles. The van der Waals surface area contributed by atoms with Gasteiger partial charge in [-0.25, -0.2) is 0 Å². The minimum absolute atomic E-state index is 0.677. The van der Waals surface area contributed by atoms with Crippen molar-refractivity contribution >= 4 is 29.7 Å². The van der Waals surface area contributed by atoms with E-state index in [1.54, 1.807) is 44.6 Å². The SMILES string of the molecule is CC1=CC2=C(CCCC2)C1[SiH](C)C1C(C)=CC2=C1CCCC2.CC1=Cc2ccccc2C1[SiH](C)C1C(C)=Cc2ccccc21. The lowest BCUT2D eigenvalue weighted by molar-refractivity contribution is 0.669. The van der Waals surface area contributed by atoms with Gasteiger partial charge in [-0.2, -0.15) is 0 Å². The normalized spacial score (nSPS) is 28.1. The van der Waals surface area contributed by atoms with Gasteiger partial charge in [-0.05, 0) is 135 Å². The first-order valence-electron chi connectivity index (χ1n) is 17.7. The zero-order valence-corrected chi connectivity index (χ0v) is 30.4. The highest BCUT2D eigenvalue weighted by molar-refractivity contribution is 6.64. The fourth-order valence-electron chi connectivity index (χ4n) is 10.5. The second kappa shape index (κ2) is 12.3. The number of allylic oxidation sites excluding steroid dienone is 10. The molecule has 4 unspecified atom stereocenters. The van der Waals surface area contributed by atoms with Crippen molar-refractivity contribution in [3.63, 3.8) is 0 Å². The van der Waals surface area contributed by atoms with Crippen LogP contribution in [-0.4, -0.2) is 17.6 Å². The van der Waals surface area contributed by atoms with Crippen molar-refractivity contribution in [1.29, 1.82) is 0 Å². The molecule has 0 amide bonds. The minimum atomic E-state index is -1.03. The van der Waals surface area contributed by atoms with Crippen LogP contribution in [0.2, 0.25) is 24.2 Å². The Balaban J connectivity index is 0.000000142. The van der Waals surface area contributed by atoms with E-state index in [0.717, 1.165) is 11.1 Å². The third kappa shape index (κ3) is 5.20. The molecule has 0 aromatic heterocycles. The van der Waals surface area contributed by atoms with Gasteiger partial charge in [-0.1, -0.05) is 119 Å². The Hall–Kier alpha value is -2.69. The molecule has 4 atom stereocenters. The van der Waals surface area contributed by atoms with Gasteiger partial charge in [0.25, 0.3) is 0 Å². The number of fused-ring (bicyclic) bond motifs is 2. The predicted molar refractivity (Wildman–Crippen MR) is 198 cm³/mol. The van der Waals surface area contributed by atoms with Crippen molar-refractivity contribution in [3.8, 4) is 0 Å². The largest absolute Gasteiger partial charge is 0.0705 e. The number of benzene rings is 2. The summed E-state index contributed by atoms with van der Waals surface area (Å²) >= 11 is 0. The molecule has 6 aliphatic rings. The van der Waals surface area contributed by atoms with Crippen LogP contribution in [0.1, 0.15) is 112 Å². The summed E-state index contributed by atoms with van der Waals surface area (Å²) in [6, 6.07) is 17.9. The topological polar surface area (TPSA) is 0 Å². The Morgan fingerprint density at radius 3 is 1.27 bits per heavy atom. The molecule has 0 fully saturated rings. The Morgan fingerprint density at radius 2 is 0.818 bits per heavy atom. The van der Waals surface area contributed by atoms with Gasteiger partial charge >= 0.3 is 0 Å². The summed E-state index contributed by atoms with van der Waals surface area (Å²) in [4.78, 5) is 0. The van der Waals surface area contributed by atoms with Crippen LogP contribution in [-0.2, 0) is 0 Å². The minimum Gasteiger partial charge on any atom is -0.0705 e. The van der Waals surface area contributed by atoms with Crippen molar-refractivity contribution in [2.24, 2.45) is 0 Å². The maximum atomic E-state index is 2.68. The van der Waals surface area contributed by atoms with E-state index in [9.17, 15) is 0 Å². The lowest BCUT2D eigenvalue weighted by atomic mass is 9.93. The molecule has 0 spiro atoms. The van der Waals surface area contributed by atoms with Crippen LogP contribution in [0.3, 0.4) is 0 Å². The van der Waals surface area contributed by atoms with Crippen LogP contribution in [0.5, 0.6) is 0 Å². The van der Waals surface area contributed by atoms with E-state index in [-0.39, 0.29) is 0 Å². The highest BCUT2D eigenvalue weighted by Crippen LogP contribution is 2.53. The van der Waals surface area contributed by atoms with Crippen LogP contribution in [0.25, 0.3) is 12.2 Å². The monoisotopic (exact) mass is 612 g/mol. The van der Waals surface area contributed by atoms with E-state index >= 15 is 0 Å². The molecular formula is C42H52Si2. The van der Waals surface area contributed by atoms with Gasteiger partial charge in [-0.15, -0.1) is 0 Å². The zero-order chi connectivity index (χ0) is 30.5. The molecule has 0 radical (unpaired) electrons. The van der Waals surface area contributed by atoms with E-state index in [1.807, 2.05) is 11.1 Å². The van der Waals surface area contributed by atoms with Crippen molar-refractivity contribution in [3.05, 3.63) is 128 Å². The smallest absolute Gasteiger partial charge is 0.0599 e. The summed E-state index contributed by atoms with van der Waals surface area (Å²) in [5, 5.41) is 0. The van der Waals surface area contributed by atoms with E-state index in [1.165, 1.54) is 62.5 Å². The van der Waals surface area contributed by atoms with Crippen LogP contribution < -0.4 is 0 Å². The van der Waals surface area contributed by atoms with Crippen LogP contribution in [0.15, 0.2) is 105 Å². The van der Waals surface area contributed by atoms with Gasteiger partial charge in [0.2, 0.25) is 0 Å². The summed E-state index contributed by atoms with van der Waals surface area (Å²) in [6.07, 6.45) is 21.2. The summed E-state index contributed by atoms with van der Waals surface area (Å²) < 4.78 is 0. The Labute approximate surface area is 270 Å². The third-order valence-electron chi connectivity index (χ3n) is 12.2. The Bertz CT molecular complexity index is 1530. The quantitative estimate of drug-likeness (QED) is 0.301. The van der Waals surface area contributed by atoms with Crippen LogP contribution in [0.4, 0.5) is 0 Å². The number of hydrogen-bond acceptors (Lipinski definition) is 0. The third-order valence-corrected chi connectivity index (χ3v) is 20.0. The molecule has 0 saturated carbocycles. The van der Waals surface area contributed by atoms with E-state index in [2.05, 4.69) is 114 Å². The van der Waals surface area contributed by atoms with Crippen LogP contribution in [0, 0.1) is 0 Å². The van der Waals surface area contributed by atoms with Gasteiger partial charge in [0.15, 0.2) is 0 Å². The van der Waals surface area contributed by atoms with Gasteiger partial charge in [0.1, 0.15) is 0 Å². The molecule has 0 bridgehead atoms. The molecule has 6 aliphatic carbocycles. The fraction of sp³-hybridized carbons (Fsp3) is 0.429. The second-order valence-electron chi connectivity index (χ2n) is 15.0. The number of rotatable bonds is 4. The van der Waals surface area contributed by atoms with E-state index < -0.39 is 17.6 Å². The zero-order valence-electron chi connectivity index (χ0n) is 28.0. The van der Waals surface area contributed by atoms with Crippen molar-refractivity contribution in [1.82, 2.24) is 0 Å². The second-order valence-corrected chi connectivity index (χ2v) is 21.1. The molecule has 0 saturated heterocycles. The summed E-state index contributed by atoms with van der Waals surface area (Å²) in [5.74, 6) is 0. The first-order chi connectivity index (χ1) is 21.3.